The molecule has 8 nitrogen and oxygen atoms in total. The molecule has 1 atom stereocenters. The smallest absolute Gasteiger partial charge is 0.272 e. The quantitative estimate of drug-likeness (QED) is 0.371. The molecule has 37 heavy (non-hydrogen) atoms. The maximum absolute atomic E-state index is 14.2. The lowest BCUT2D eigenvalue weighted by Gasteiger charge is -2.38. The third-order valence-corrected chi connectivity index (χ3v) is 7.26. The van der Waals surface area contributed by atoms with Crippen molar-refractivity contribution in [1.29, 1.82) is 0 Å². The first-order valence-corrected chi connectivity index (χ1v) is 13.2. The van der Waals surface area contributed by atoms with E-state index in [1.807, 2.05) is 41.5 Å². The van der Waals surface area contributed by atoms with Crippen LogP contribution in [0.4, 0.5) is 0 Å². The van der Waals surface area contributed by atoms with E-state index in [1.165, 1.54) is 0 Å². The second-order valence-electron chi connectivity index (χ2n) is 10.5. The van der Waals surface area contributed by atoms with Crippen LogP contribution < -0.4 is 15.8 Å². The minimum absolute atomic E-state index is 0. The number of primary amides is 1. The van der Waals surface area contributed by atoms with Crippen LogP contribution in [0, 0.1) is 5.41 Å². The van der Waals surface area contributed by atoms with E-state index in [4.69, 9.17) is 26.8 Å². The van der Waals surface area contributed by atoms with Crippen molar-refractivity contribution in [2.24, 2.45) is 11.1 Å². The number of nitrogens with two attached hydrogens (primary N) is 1. The Kier molecular flexibility index (Phi) is 11.6. The molecule has 1 aliphatic heterocycles. The molecule has 0 bridgehead atoms. The van der Waals surface area contributed by atoms with Crippen molar-refractivity contribution in [3.05, 3.63) is 28.9 Å². The number of hydrogen-bond donors (Lipinski definition) is 2. The predicted molar refractivity (Wildman–Crippen MR) is 151 cm³/mol. The Morgan fingerprint density at radius 1 is 1.30 bits per heavy atom. The van der Waals surface area contributed by atoms with E-state index in [0.717, 1.165) is 49.7 Å². The number of methoxy groups -OCH3 is 1. The third kappa shape index (κ3) is 7.11. The van der Waals surface area contributed by atoms with Crippen LogP contribution in [0.1, 0.15) is 63.9 Å². The minimum Gasteiger partial charge on any atom is -0.490 e. The van der Waals surface area contributed by atoms with E-state index in [-0.39, 0.29) is 37.0 Å². The molecule has 0 aliphatic carbocycles. The van der Waals surface area contributed by atoms with Crippen LogP contribution >= 0.6 is 24.0 Å². The first-order chi connectivity index (χ1) is 17.1. The molecule has 0 unspecified atom stereocenters. The Balaban J connectivity index is 0.00000481. The summed E-state index contributed by atoms with van der Waals surface area (Å²) in [5.41, 5.74) is 5.95. The molecule has 2 aromatic rings. The molecular weight excluding hydrogens is 515 g/mol. The van der Waals surface area contributed by atoms with Gasteiger partial charge in [0.1, 0.15) is 18.1 Å². The number of rotatable bonds is 12. The highest BCUT2D eigenvalue weighted by Crippen LogP contribution is 2.38. The number of aromatic nitrogens is 1. The van der Waals surface area contributed by atoms with Gasteiger partial charge in [0.25, 0.3) is 5.91 Å². The summed E-state index contributed by atoms with van der Waals surface area (Å²) in [6.07, 6.45) is 3.64. The van der Waals surface area contributed by atoms with Gasteiger partial charge in [0.2, 0.25) is 5.91 Å². The normalized spacial score (nSPS) is 16.0. The number of amides is 2. The molecule has 1 aliphatic rings. The van der Waals surface area contributed by atoms with Crippen molar-refractivity contribution >= 4 is 46.7 Å². The lowest BCUT2D eigenvalue weighted by Crippen LogP contribution is -2.52. The number of carbonyl (C=O) groups excluding carboxylic acids is 2. The van der Waals surface area contributed by atoms with Crippen LogP contribution in [0.3, 0.4) is 0 Å². The number of halogens is 2. The number of unbranched alkanes of at least 4 members (excludes halogenated alkanes) is 1. The van der Waals surface area contributed by atoms with E-state index < -0.39 is 11.3 Å². The molecule has 1 aromatic carbocycles. The largest absolute Gasteiger partial charge is 0.490 e. The highest BCUT2D eigenvalue weighted by Gasteiger charge is 2.34. The summed E-state index contributed by atoms with van der Waals surface area (Å²) < 4.78 is 13.4. The zero-order chi connectivity index (χ0) is 26.5. The maximum atomic E-state index is 14.2. The summed E-state index contributed by atoms with van der Waals surface area (Å²) in [4.78, 5) is 28.0. The average Bonchev–Trinajstić information content (AvgIpc) is 3.13. The Labute approximate surface area is 231 Å². The van der Waals surface area contributed by atoms with Crippen molar-refractivity contribution in [2.45, 2.75) is 72.0 Å². The number of nitrogens with one attached hydrogen (secondary N) is 1. The Hall–Kier alpha value is -2.00. The lowest BCUT2D eigenvalue weighted by atomic mass is 9.94. The fraction of sp³-hybridized carbons (Fsp3) is 0.630. The molecule has 3 N–H and O–H groups in total. The number of para-hydroxylation sites is 1. The van der Waals surface area contributed by atoms with Crippen LogP contribution in [0.2, 0.25) is 5.02 Å². The molecule has 1 aromatic heterocycles. The molecule has 1 fully saturated rings. The number of hydrogen-bond acceptors (Lipinski definition) is 5. The summed E-state index contributed by atoms with van der Waals surface area (Å²) in [6, 6.07) is 5.74. The highest BCUT2D eigenvalue weighted by molar-refractivity contribution is 6.39. The standard InChI is InChI=1S/C27H41ClN4O4.ClH/c1-18(2)32(19-10-9-13-30-16-19)25(33)24-22(28)20-11-8-12-21(36-17-27(3,4)26(29)34)23(20)31(24)14-6-7-15-35-5;/h8,11-12,18-19,30H,6-7,9-10,13-17H2,1-5H3,(H2,29,34);1H/t19-;/m1./s1. The summed E-state index contributed by atoms with van der Waals surface area (Å²) in [6.45, 7) is 10.7. The van der Waals surface area contributed by atoms with Crippen LogP contribution in [-0.2, 0) is 16.1 Å². The number of piperidine rings is 1. The van der Waals surface area contributed by atoms with Gasteiger partial charge in [-0.1, -0.05) is 23.7 Å². The Bertz CT molecular complexity index is 1060. The van der Waals surface area contributed by atoms with Gasteiger partial charge in [0, 0.05) is 44.3 Å². The fourth-order valence-corrected chi connectivity index (χ4v) is 5.08. The van der Waals surface area contributed by atoms with Crippen molar-refractivity contribution in [2.75, 3.05) is 33.4 Å². The first-order valence-electron chi connectivity index (χ1n) is 12.9. The van der Waals surface area contributed by atoms with E-state index in [2.05, 4.69) is 5.32 Å². The Morgan fingerprint density at radius 3 is 2.62 bits per heavy atom. The van der Waals surface area contributed by atoms with E-state index in [1.54, 1.807) is 21.0 Å². The highest BCUT2D eigenvalue weighted by atomic mass is 35.5. The van der Waals surface area contributed by atoms with Crippen molar-refractivity contribution in [3.8, 4) is 5.75 Å². The molecule has 3 rings (SSSR count). The molecule has 208 valence electrons. The van der Waals surface area contributed by atoms with Crippen LogP contribution in [0.25, 0.3) is 10.9 Å². The molecule has 0 spiro atoms. The van der Waals surface area contributed by atoms with Gasteiger partial charge in [-0.3, -0.25) is 9.59 Å². The average molecular weight is 558 g/mol. The van der Waals surface area contributed by atoms with Gasteiger partial charge in [-0.2, -0.15) is 0 Å². The van der Waals surface area contributed by atoms with Crippen LogP contribution in [0.5, 0.6) is 5.75 Å². The molecule has 0 radical (unpaired) electrons. The monoisotopic (exact) mass is 556 g/mol. The van der Waals surface area contributed by atoms with Gasteiger partial charge in [0.05, 0.1) is 16.0 Å². The number of benzene rings is 1. The van der Waals surface area contributed by atoms with Crippen molar-refractivity contribution in [1.82, 2.24) is 14.8 Å². The van der Waals surface area contributed by atoms with Gasteiger partial charge in [-0.25, -0.2) is 0 Å². The van der Waals surface area contributed by atoms with Gasteiger partial charge in [-0.05, 0) is 66.0 Å². The summed E-state index contributed by atoms with van der Waals surface area (Å²) in [5, 5.41) is 4.61. The molecule has 2 heterocycles. The number of carbonyl (C=O) groups is 2. The lowest BCUT2D eigenvalue weighted by molar-refractivity contribution is -0.127. The van der Waals surface area contributed by atoms with Gasteiger partial charge < -0.3 is 30.0 Å². The zero-order valence-electron chi connectivity index (χ0n) is 22.6. The maximum Gasteiger partial charge on any atom is 0.272 e. The summed E-state index contributed by atoms with van der Waals surface area (Å²) in [7, 11) is 1.68. The van der Waals surface area contributed by atoms with Gasteiger partial charge in [0.15, 0.2) is 0 Å². The number of ether oxygens (including phenoxy) is 2. The first kappa shape index (κ1) is 31.2. The Morgan fingerprint density at radius 2 is 2.03 bits per heavy atom. The summed E-state index contributed by atoms with van der Waals surface area (Å²) in [5.74, 6) is 0.0622. The summed E-state index contributed by atoms with van der Waals surface area (Å²) >= 11 is 6.96. The zero-order valence-corrected chi connectivity index (χ0v) is 24.2. The van der Waals surface area contributed by atoms with Crippen LogP contribution in [-0.4, -0.2) is 66.8 Å². The number of aryl methyl sites for hydroxylation is 1. The third-order valence-electron chi connectivity index (χ3n) is 6.88. The second kappa shape index (κ2) is 13.7. The number of fused-ring (bicyclic) bond motifs is 1. The second-order valence-corrected chi connectivity index (χ2v) is 10.9. The molecule has 0 saturated carbocycles. The SMILES string of the molecule is COCCCCn1c(C(=O)N(C(C)C)[C@@H]2CCCNC2)c(Cl)c2cccc(OCC(C)(C)C(N)=O)c21.Cl. The molecule has 1 saturated heterocycles. The van der Waals surface area contributed by atoms with Gasteiger partial charge in [-0.15, -0.1) is 12.4 Å². The van der Waals surface area contributed by atoms with Crippen LogP contribution in [0.15, 0.2) is 18.2 Å². The minimum atomic E-state index is -0.844. The fourth-order valence-electron chi connectivity index (χ4n) is 4.75. The molecule has 2 amide bonds. The van der Waals surface area contributed by atoms with E-state index in [0.29, 0.717) is 29.6 Å². The van der Waals surface area contributed by atoms with Crippen molar-refractivity contribution < 1.29 is 19.1 Å². The predicted octanol–water partition coefficient (Wildman–Crippen LogP) is 4.64. The molecule has 10 heteroatoms. The van der Waals surface area contributed by atoms with Gasteiger partial charge >= 0.3 is 0 Å². The molecular formula is C27H42Cl2N4O4. The van der Waals surface area contributed by atoms with Crippen molar-refractivity contribution in [3.63, 3.8) is 0 Å². The topological polar surface area (TPSA) is 98.8 Å². The number of nitrogens with zero attached hydrogens (tertiary/aromatic N) is 2. The van der Waals surface area contributed by atoms with E-state index in [9.17, 15) is 9.59 Å². The van der Waals surface area contributed by atoms with E-state index >= 15 is 0 Å².